The maximum absolute atomic E-state index is 11.8. The first-order valence-electron chi connectivity index (χ1n) is 8.30. The molecule has 1 saturated heterocycles. The molecule has 0 radical (unpaired) electrons. The van der Waals surface area contributed by atoms with Gasteiger partial charge in [0.15, 0.2) is 0 Å². The number of ether oxygens (including phenoxy) is 1. The van der Waals surface area contributed by atoms with Gasteiger partial charge in [-0.05, 0) is 63.7 Å². The van der Waals surface area contributed by atoms with Crippen LogP contribution in [0, 0.1) is 6.92 Å². The molecule has 2 fully saturated rings. The zero-order valence-corrected chi connectivity index (χ0v) is 12.9. The van der Waals surface area contributed by atoms with Gasteiger partial charge < -0.3 is 14.7 Å². The summed E-state index contributed by atoms with van der Waals surface area (Å²) in [7, 11) is 2.18. The van der Waals surface area contributed by atoms with Crippen molar-refractivity contribution in [2.45, 2.75) is 62.2 Å². The number of benzene rings is 1. The summed E-state index contributed by atoms with van der Waals surface area (Å²) in [5, 5.41) is 11.8. The van der Waals surface area contributed by atoms with Crippen molar-refractivity contribution in [3.8, 4) is 5.75 Å². The lowest BCUT2D eigenvalue weighted by atomic mass is 9.49. The summed E-state index contributed by atoms with van der Waals surface area (Å²) in [6.07, 6.45) is 5.27. The first-order valence-corrected chi connectivity index (χ1v) is 8.30. The van der Waals surface area contributed by atoms with Gasteiger partial charge in [0.1, 0.15) is 11.9 Å². The van der Waals surface area contributed by atoms with Crippen LogP contribution in [-0.4, -0.2) is 41.3 Å². The number of hydrogen-bond acceptors (Lipinski definition) is 3. The van der Waals surface area contributed by atoms with Gasteiger partial charge in [0.2, 0.25) is 0 Å². The lowest BCUT2D eigenvalue weighted by Crippen LogP contribution is -2.74. The van der Waals surface area contributed by atoms with Crippen molar-refractivity contribution < 1.29 is 9.84 Å². The van der Waals surface area contributed by atoms with E-state index in [0.29, 0.717) is 0 Å². The molecule has 0 amide bonds. The van der Waals surface area contributed by atoms with Crippen LogP contribution in [0.2, 0.25) is 0 Å². The van der Waals surface area contributed by atoms with Crippen LogP contribution in [0.5, 0.6) is 5.75 Å². The van der Waals surface area contributed by atoms with Crippen molar-refractivity contribution in [3.63, 3.8) is 0 Å². The molecule has 3 nitrogen and oxygen atoms in total. The number of hydrogen-bond donors (Lipinski definition) is 1. The lowest BCUT2D eigenvalue weighted by Gasteiger charge is -2.62. The quantitative estimate of drug-likeness (QED) is 0.793. The highest BCUT2D eigenvalue weighted by atomic mass is 16.5. The van der Waals surface area contributed by atoms with Crippen LogP contribution in [0.1, 0.15) is 42.4 Å². The third kappa shape index (κ3) is 1.18. The van der Waals surface area contributed by atoms with Gasteiger partial charge in [-0.3, -0.25) is 0 Å². The van der Waals surface area contributed by atoms with Crippen LogP contribution in [0.15, 0.2) is 12.1 Å². The predicted molar refractivity (Wildman–Crippen MR) is 80.8 cm³/mol. The van der Waals surface area contributed by atoms with Crippen LogP contribution in [0.4, 0.5) is 0 Å². The van der Waals surface area contributed by atoms with Gasteiger partial charge in [-0.15, -0.1) is 0 Å². The maximum atomic E-state index is 11.8. The molecule has 2 bridgehead atoms. The Bertz CT molecular complexity index is 642. The summed E-state index contributed by atoms with van der Waals surface area (Å²) in [6.45, 7) is 3.21. The zero-order valence-electron chi connectivity index (χ0n) is 12.9. The molecule has 0 unspecified atom stereocenters. The number of likely N-dealkylation sites (N-methyl/N-ethyl adjacent to an activating group) is 1. The maximum Gasteiger partial charge on any atom is 0.126 e. The minimum atomic E-state index is -0.602. The van der Waals surface area contributed by atoms with Crippen molar-refractivity contribution in [2.75, 3.05) is 13.6 Å². The fourth-order valence-corrected chi connectivity index (χ4v) is 5.90. The monoisotopic (exact) mass is 285 g/mol. The van der Waals surface area contributed by atoms with Gasteiger partial charge in [-0.1, -0.05) is 12.1 Å². The third-order valence-electron chi connectivity index (χ3n) is 6.85. The van der Waals surface area contributed by atoms with Gasteiger partial charge in [0.05, 0.1) is 11.0 Å². The van der Waals surface area contributed by atoms with Crippen molar-refractivity contribution in [1.29, 1.82) is 0 Å². The van der Waals surface area contributed by atoms with Crippen molar-refractivity contribution in [2.24, 2.45) is 0 Å². The molecule has 2 aliphatic carbocycles. The summed E-state index contributed by atoms with van der Waals surface area (Å²) < 4.78 is 6.43. The van der Waals surface area contributed by atoms with E-state index < -0.39 is 5.60 Å². The van der Waals surface area contributed by atoms with E-state index in [1.54, 1.807) is 0 Å². The highest BCUT2D eigenvalue weighted by molar-refractivity contribution is 5.59. The zero-order chi connectivity index (χ0) is 14.4. The second kappa shape index (κ2) is 3.64. The van der Waals surface area contributed by atoms with E-state index in [1.165, 1.54) is 16.7 Å². The van der Waals surface area contributed by atoms with E-state index >= 15 is 0 Å². The molecule has 2 aliphatic heterocycles. The fourth-order valence-electron chi connectivity index (χ4n) is 5.90. The Labute approximate surface area is 125 Å². The molecule has 112 valence electrons. The Kier molecular flexibility index (Phi) is 2.16. The largest absolute Gasteiger partial charge is 0.489 e. The Morgan fingerprint density at radius 1 is 1.33 bits per heavy atom. The standard InChI is InChI=1S/C18H23NO2/c1-11-5-6-12-10-13-18(20)7-3-4-14-17(18,8-9-19(13)2)15(12)16(11)21-14/h5-6,13-14,20H,3-4,7-10H2,1-2H3/t13-,14+,17-,18-/m0/s1. The molecule has 0 aromatic heterocycles. The van der Waals surface area contributed by atoms with Crippen LogP contribution >= 0.6 is 0 Å². The molecule has 2 heterocycles. The van der Waals surface area contributed by atoms with Crippen LogP contribution in [-0.2, 0) is 11.8 Å². The highest BCUT2D eigenvalue weighted by Gasteiger charge is 2.70. The number of rotatable bonds is 0. The summed E-state index contributed by atoms with van der Waals surface area (Å²) >= 11 is 0. The first kappa shape index (κ1) is 12.5. The Morgan fingerprint density at radius 2 is 2.19 bits per heavy atom. The van der Waals surface area contributed by atoms with Gasteiger partial charge in [0.25, 0.3) is 0 Å². The van der Waals surface area contributed by atoms with Gasteiger partial charge in [0, 0.05) is 11.6 Å². The van der Waals surface area contributed by atoms with Crippen LogP contribution in [0.3, 0.4) is 0 Å². The highest BCUT2D eigenvalue weighted by Crippen LogP contribution is 2.64. The SMILES string of the molecule is Cc1ccc2c3c1O[C@@H]1CCC[C@]4(O)[C@H](C2)N(C)CC[C@@]314. The first-order chi connectivity index (χ1) is 10.1. The fraction of sp³-hybridized carbons (Fsp3) is 0.667. The van der Waals surface area contributed by atoms with E-state index in [4.69, 9.17) is 4.74 Å². The van der Waals surface area contributed by atoms with E-state index in [0.717, 1.165) is 44.4 Å². The molecule has 1 aromatic carbocycles. The predicted octanol–water partition coefficient (Wildman–Crippen LogP) is 2.17. The molecule has 4 aliphatic rings. The summed E-state index contributed by atoms with van der Waals surface area (Å²) in [6, 6.07) is 4.73. The molecule has 1 saturated carbocycles. The second-order valence-electron chi connectivity index (χ2n) is 7.59. The minimum absolute atomic E-state index is 0.142. The van der Waals surface area contributed by atoms with E-state index in [2.05, 4.69) is 31.0 Å². The summed E-state index contributed by atoms with van der Waals surface area (Å²) in [4.78, 5) is 2.38. The van der Waals surface area contributed by atoms with Crippen molar-refractivity contribution in [3.05, 3.63) is 28.8 Å². The van der Waals surface area contributed by atoms with E-state index in [1.807, 2.05) is 0 Å². The number of aryl methyl sites for hydroxylation is 1. The average Bonchev–Trinajstić information content (AvgIpc) is 2.80. The lowest BCUT2D eigenvalue weighted by molar-refractivity contribution is -0.180. The molecule has 21 heavy (non-hydrogen) atoms. The number of aliphatic hydroxyl groups is 1. The molecule has 1 N–H and O–H groups in total. The number of likely N-dealkylation sites (tertiary alicyclic amines) is 1. The number of piperidine rings is 1. The van der Waals surface area contributed by atoms with E-state index in [9.17, 15) is 5.11 Å². The molecular weight excluding hydrogens is 262 g/mol. The Morgan fingerprint density at radius 3 is 3.05 bits per heavy atom. The second-order valence-corrected chi connectivity index (χ2v) is 7.59. The summed E-state index contributed by atoms with van der Waals surface area (Å²) in [5.74, 6) is 1.10. The molecule has 5 rings (SSSR count). The molecule has 1 spiro atoms. The van der Waals surface area contributed by atoms with Crippen molar-refractivity contribution in [1.82, 2.24) is 4.90 Å². The average molecular weight is 285 g/mol. The third-order valence-corrected chi connectivity index (χ3v) is 6.85. The van der Waals surface area contributed by atoms with Gasteiger partial charge in [-0.2, -0.15) is 0 Å². The summed E-state index contributed by atoms with van der Waals surface area (Å²) in [5.41, 5.74) is 3.28. The van der Waals surface area contributed by atoms with Crippen LogP contribution in [0.25, 0.3) is 0 Å². The normalized spacial score (nSPS) is 43.4. The molecule has 1 aromatic rings. The van der Waals surface area contributed by atoms with Gasteiger partial charge >= 0.3 is 0 Å². The topological polar surface area (TPSA) is 32.7 Å². The van der Waals surface area contributed by atoms with Crippen LogP contribution < -0.4 is 4.74 Å². The van der Waals surface area contributed by atoms with E-state index in [-0.39, 0.29) is 17.6 Å². The number of nitrogens with zero attached hydrogens (tertiary/aromatic N) is 1. The smallest absolute Gasteiger partial charge is 0.126 e. The minimum Gasteiger partial charge on any atom is -0.489 e. The van der Waals surface area contributed by atoms with Crippen molar-refractivity contribution >= 4 is 0 Å². The molecular formula is C18H23NO2. The Hall–Kier alpha value is -1.06. The van der Waals surface area contributed by atoms with Gasteiger partial charge in [-0.25, -0.2) is 0 Å². The molecule has 4 atom stereocenters. The molecule has 3 heteroatoms. The Balaban J connectivity index is 1.86.